The maximum atomic E-state index is 6.11. The standard InChI is InChI=1S/C22H26N6O2/c1-16-11-24-17(12-23-16)13-27-5-7-28(8-6-27)18-2-3-21-20(10-18)22(26-15-25-21)30-19-4-9-29-14-19/h2-3,10-12,15,19H,4-9,13-14H2,1H3. The lowest BCUT2D eigenvalue weighted by atomic mass is 10.1. The van der Waals surface area contributed by atoms with E-state index < -0.39 is 0 Å². The number of aromatic nitrogens is 4. The lowest BCUT2D eigenvalue weighted by Crippen LogP contribution is -2.46. The van der Waals surface area contributed by atoms with Crippen LogP contribution >= 0.6 is 0 Å². The molecule has 0 radical (unpaired) electrons. The van der Waals surface area contributed by atoms with E-state index in [-0.39, 0.29) is 6.10 Å². The number of hydrogen-bond acceptors (Lipinski definition) is 8. The largest absolute Gasteiger partial charge is 0.471 e. The third kappa shape index (κ3) is 4.20. The molecule has 1 unspecified atom stereocenters. The highest BCUT2D eigenvalue weighted by Gasteiger charge is 2.21. The summed E-state index contributed by atoms with van der Waals surface area (Å²) in [6.45, 7) is 8.08. The molecule has 0 saturated carbocycles. The van der Waals surface area contributed by atoms with Gasteiger partial charge in [0, 0.05) is 57.2 Å². The average molecular weight is 406 g/mol. The first-order chi connectivity index (χ1) is 14.7. The third-order valence-electron chi connectivity index (χ3n) is 5.71. The van der Waals surface area contributed by atoms with Crippen molar-refractivity contribution in [2.75, 3.05) is 44.3 Å². The molecule has 3 aromatic rings. The Morgan fingerprint density at radius 3 is 2.73 bits per heavy atom. The van der Waals surface area contributed by atoms with Gasteiger partial charge in [0.2, 0.25) is 5.88 Å². The van der Waals surface area contributed by atoms with Gasteiger partial charge in [-0.2, -0.15) is 0 Å². The van der Waals surface area contributed by atoms with Gasteiger partial charge < -0.3 is 14.4 Å². The van der Waals surface area contributed by atoms with Gasteiger partial charge in [-0.25, -0.2) is 9.97 Å². The van der Waals surface area contributed by atoms with Crippen LogP contribution in [0, 0.1) is 6.92 Å². The normalized spacial score (nSPS) is 20.0. The number of fused-ring (bicyclic) bond motifs is 1. The average Bonchev–Trinajstić information content (AvgIpc) is 3.29. The molecule has 8 heteroatoms. The van der Waals surface area contributed by atoms with Crippen molar-refractivity contribution in [2.45, 2.75) is 26.0 Å². The van der Waals surface area contributed by atoms with Crippen molar-refractivity contribution in [1.82, 2.24) is 24.8 Å². The summed E-state index contributed by atoms with van der Waals surface area (Å²) in [5.41, 5.74) is 4.06. The number of rotatable bonds is 5. The molecule has 1 aromatic carbocycles. The van der Waals surface area contributed by atoms with Crippen molar-refractivity contribution in [3.8, 4) is 5.88 Å². The van der Waals surface area contributed by atoms with Gasteiger partial charge in [-0.15, -0.1) is 0 Å². The van der Waals surface area contributed by atoms with Gasteiger partial charge in [0.15, 0.2) is 0 Å². The SMILES string of the molecule is Cc1cnc(CN2CCN(c3ccc4ncnc(OC5CCOC5)c4c3)CC2)cn1. The van der Waals surface area contributed by atoms with E-state index in [1.807, 2.05) is 19.3 Å². The molecule has 0 bridgehead atoms. The Morgan fingerprint density at radius 1 is 1.07 bits per heavy atom. The Labute approximate surface area is 175 Å². The Kier molecular flexibility index (Phi) is 5.42. The van der Waals surface area contributed by atoms with Crippen LogP contribution < -0.4 is 9.64 Å². The summed E-state index contributed by atoms with van der Waals surface area (Å²) in [6.07, 6.45) is 6.25. The van der Waals surface area contributed by atoms with Gasteiger partial charge in [-0.3, -0.25) is 14.9 Å². The fourth-order valence-electron chi connectivity index (χ4n) is 3.97. The lowest BCUT2D eigenvalue weighted by molar-refractivity contribution is 0.139. The molecule has 8 nitrogen and oxygen atoms in total. The molecule has 0 amide bonds. The number of benzene rings is 1. The van der Waals surface area contributed by atoms with Gasteiger partial charge in [-0.1, -0.05) is 0 Å². The van der Waals surface area contributed by atoms with E-state index in [1.165, 1.54) is 5.69 Å². The zero-order valence-corrected chi connectivity index (χ0v) is 17.2. The fourth-order valence-corrected chi connectivity index (χ4v) is 3.97. The van der Waals surface area contributed by atoms with Crippen LogP contribution in [0.1, 0.15) is 17.8 Å². The molecule has 0 spiro atoms. The first-order valence-corrected chi connectivity index (χ1v) is 10.5. The topological polar surface area (TPSA) is 76.5 Å². The highest BCUT2D eigenvalue weighted by molar-refractivity contribution is 5.86. The molecule has 2 aliphatic heterocycles. The summed E-state index contributed by atoms with van der Waals surface area (Å²) in [5.74, 6) is 0.647. The van der Waals surface area contributed by atoms with Crippen LogP contribution in [0.25, 0.3) is 10.9 Å². The summed E-state index contributed by atoms with van der Waals surface area (Å²) in [4.78, 5) is 22.5. The number of nitrogens with zero attached hydrogens (tertiary/aromatic N) is 6. The van der Waals surface area contributed by atoms with Crippen LogP contribution in [0.3, 0.4) is 0 Å². The quantitative estimate of drug-likeness (QED) is 0.638. The van der Waals surface area contributed by atoms with Crippen LogP contribution in [0.5, 0.6) is 5.88 Å². The van der Waals surface area contributed by atoms with Crippen LogP contribution in [0.4, 0.5) is 5.69 Å². The molecule has 30 heavy (non-hydrogen) atoms. The lowest BCUT2D eigenvalue weighted by Gasteiger charge is -2.36. The molecule has 2 aromatic heterocycles. The van der Waals surface area contributed by atoms with Crippen LogP contribution in [0.2, 0.25) is 0 Å². The highest BCUT2D eigenvalue weighted by Crippen LogP contribution is 2.29. The Hall–Kier alpha value is -2.84. The van der Waals surface area contributed by atoms with E-state index in [1.54, 1.807) is 6.33 Å². The monoisotopic (exact) mass is 406 g/mol. The first kappa shape index (κ1) is 19.1. The number of aryl methyl sites for hydroxylation is 1. The summed E-state index contributed by atoms with van der Waals surface area (Å²) < 4.78 is 11.5. The molecular weight excluding hydrogens is 380 g/mol. The second-order valence-corrected chi connectivity index (χ2v) is 7.90. The Bertz CT molecular complexity index is 998. The molecule has 156 valence electrons. The van der Waals surface area contributed by atoms with E-state index in [0.717, 1.165) is 68.0 Å². The van der Waals surface area contributed by atoms with E-state index in [2.05, 4.69) is 47.9 Å². The predicted molar refractivity (Wildman–Crippen MR) is 114 cm³/mol. The van der Waals surface area contributed by atoms with Gasteiger partial charge in [0.05, 0.1) is 35.5 Å². The molecule has 2 aliphatic rings. The summed E-state index contributed by atoms with van der Waals surface area (Å²) in [5, 5.41) is 0.958. The van der Waals surface area contributed by atoms with Crippen LogP contribution in [0.15, 0.2) is 36.9 Å². The van der Waals surface area contributed by atoms with E-state index in [9.17, 15) is 0 Å². The van der Waals surface area contributed by atoms with Gasteiger partial charge in [0.25, 0.3) is 0 Å². The minimum atomic E-state index is 0.0696. The summed E-state index contributed by atoms with van der Waals surface area (Å²) in [6, 6.07) is 6.35. The van der Waals surface area contributed by atoms with Crippen molar-refractivity contribution in [3.63, 3.8) is 0 Å². The molecule has 2 fully saturated rings. The maximum absolute atomic E-state index is 6.11. The third-order valence-corrected chi connectivity index (χ3v) is 5.71. The van der Waals surface area contributed by atoms with E-state index >= 15 is 0 Å². The summed E-state index contributed by atoms with van der Waals surface area (Å²) >= 11 is 0. The van der Waals surface area contributed by atoms with Gasteiger partial charge in [-0.05, 0) is 25.1 Å². The minimum absolute atomic E-state index is 0.0696. The zero-order chi connectivity index (χ0) is 20.3. The molecule has 0 N–H and O–H groups in total. The smallest absolute Gasteiger partial charge is 0.224 e. The van der Waals surface area contributed by atoms with Crippen molar-refractivity contribution >= 4 is 16.6 Å². The number of piperazine rings is 1. The van der Waals surface area contributed by atoms with Crippen molar-refractivity contribution in [1.29, 1.82) is 0 Å². The highest BCUT2D eigenvalue weighted by atomic mass is 16.5. The molecule has 1 atom stereocenters. The molecule has 5 rings (SSSR count). The fraction of sp³-hybridized carbons (Fsp3) is 0.455. The maximum Gasteiger partial charge on any atom is 0.224 e. The number of ether oxygens (including phenoxy) is 2. The van der Waals surface area contributed by atoms with Gasteiger partial charge in [0.1, 0.15) is 12.4 Å². The molecule has 4 heterocycles. The predicted octanol–water partition coefficient (Wildman–Crippen LogP) is 2.22. The second-order valence-electron chi connectivity index (χ2n) is 7.90. The first-order valence-electron chi connectivity index (χ1n) is 10.5. The van der Waals surface area contributed by atoms with Crippen molar-refractivity contribution in [2.24, 2.45) is 0 Å². The van der Waals surface area contributed by atoms with Crippen molar-refractivity contribution < 1.29 is 9.47 Å². The van der Waals surface area contributed by atoms with Crippen LogP contribution in [-0.2, 0) is 11.3 Å². The van der Waals surface area contributed by atoms with Gasteiger partial charge >= 0.3 is 0 Å². The van der Waals surface area contributed by atoms with Crippen LogP contribution in [-0.4, -0.2) is 70.3 Å². The Morgan fingerprint density at radius 2 is 1.97 bits per heavy atom. The van der Waals surface area contributed by atoms with E-state index in [0.29, 0.717) is 12.5 Å². The molecule has 0 aliphatic carbocycles. The van der Waals surface area contributed by atoms with E-state index in [4.69, 9.17) is 9.47 Å². The zero-order valence-electron chi connectivity index (χ0n) is 17.2. The number of anilines is 1. The van der Waals surface area contributed by atoms with Crippen molar-refractivity contribution in [3.05, 3.63) is 48.3 Å². The minimum Gasteiger partial charge on any atom is -0.471 e. The molecule has 2 saturated heterocycles. The molecular formula is C22H26N6O2. The second kappa shape index (κ2) is 8.49. The summed E-state index contributed by atoms with van der Waals surface area (Å²) in [7, 11) is 0. The Balaban J connectivity index is 1.27. The number of hydrogen-bond donors (Lipinski definition) is 0.